The molecular weight excluding hydrogens is 292 g/mol. The molecule has 23 heavy (non-hydrogen) atoms. The number of benzene rings is 1. The monoisotopic (exact) mass is 318 g/mol. The lowest BCUT2D eigenvalue weighted by Gasteiger charge is -2.29. The molecule has 1 amide bonds. The number of nitrogens with zero attached hydrogens (tertiary/aromatic N) is 1. The summed E-state index contributed by atoms with van der Waals surface area (Å²) >= 11 is 0. The molecule has 0 saturated heterocycles. The third-order valence-corrected chi connectivity index (χ3v) is 3.54. The van der Waals surface area contributed by atoms with Crippen LogP contribution in [0.2, 0.25) is 0 Å². The molecule has 0 aliphatic carbocycles. The Labute approximate surface area is 138 Å². The quantitative estimate of drug-likeness (QED) is 0.925. The number of rotatable bonds is 4. The molecule has 1 aromatic carbocycles. The summed E-state index contributed by atoms with van der Waals surface area (Å²) in [7, 11) is 1.66. The number of ether oxygens (including phenoxy) is 2. The summed E-state index contributed by atoms with van der Waals surface area (Å²) in [6, 6.07) is 8.00. The first-order chi connectivity index (χ1) is 10.9. The predicted molar refractivity (Wildman–Crippen MR) is 90.3 cm³/mol. The van der Waals surface area contributed by atoms with E-state index in [1.165, 1.54) is 11.3 Å². The summed E-state index contributed by atoms with van der Waals surface area (Å²) in [5.74, 6) is 0.860. The van der Waals surface area contributed by atoms with E-state index >= 15 is 0 Å². The topological polar surface area (TPSA) is 50.8 Å². The van der Waals surface area contributed by atoms with Gasteiger partial charge in [-0.25, -0.2) is 4.79 Å². The van der Waals surface area contributed by atoms with Crippen molar-refractivity contribution in [2.45, 2.75) is 39.3 Å². The van der Waals surface area contributed by atoms with Crippen LogP contribution in [0.1, 0.15) is 32.8 Å². The number of methoxy groups -OCH3 is 1. The Balaban J connectivity index is 1.81. The second kappa shape index (κ2) is 7.40. The van der Waals surface area contributed by atoms with Crippen molar-refractivity contribution in [1.82, 2.24) is 10.2 Å². The normalized spacial score (nSPS) is 15.0. The molecule has 126 valence electrons. The van der Waals surface area contributed by atoms with Crippen LogP contribution in [-0.4, -0.2) is 36.8 Å². The van der Waals surface area contributed by atoms with E-state index in [9.17, 15) is 4.79 Å². The van der Waals surface area contributed by atoms with Crippen molar-refractivity contribution in [3.63, 3.8) is 0 Å². The highest BCUT2D eigenvalue weighted by atomic mass is 16.6. The zero-order valence-corrected chi connectivity index (χ0v) is 14.4. The Morgan fingerprint density at radius 1 is 1.26 bits per heavy atom. The molecule has 0 aromatic heterocycles. The molecule has 5 heteroatoms. The van der Waals surface area contributed by atoms with Crippen molar-refractivity contribution in [3.05, 3.63) is 41.6 Å². The minimum absolute atomic E-state index is 0.247. The zero-order chi connectivity index (χ0) is 16.9. The van der Waals surface area contributed by atoms with Gasteiger partial charge in [-0.05, 0) is 44.5 Å². The molecule has 1 heterocycles. The van der Waals surface area contributed by atoms with E-state index in [-0.39, 0.29) is 6.09 Å². The summed E-state index contributed by atoms with van der Waals surface area (Å²) in [4.78, 5) is 13.7. The summed E-state index contributed by atoms with van der Waals surface area (Å²) in [6.07, 6.45) is 2.62. The fourth-order valence-electron chi connectivity index (χ4n) is 2.28. The van der Waals surface area contributed by atoms with E-state index in [0.29, 0.717) is 13.1 Å². The Hall–Kier alpha value is -2.17. The van der Waals surface area contributed by atoms with Crippen LogP contribution < -0.4 is 10.1 Å². The van der Waals surface area contributed by atoms with Crippen molar-refractivity contribution in [1.29, 1.82) is 0 Å². The SMILES string of the molecule is COc1ccc(CNC2=CCN(C(=O)OC(C)(C)C)CC2)cc1. The number of hydrogen-bond donors (Lipinski definition) is 1. The van der Waals surface area contributed by atoms with E-state index in [2.05, 4.69) is 11.4 Å². The van der Waals surface area contributed by atoms with E-state index in [1.807, 2.05) is 45.0 Å². The van der Waals surface area contributed by atoms with Gasteiger partial charge in [0.2, 0.25) is 0 Å². The van der Waals surface area contributed by atoms with Crippen LogP contribution in [0.25, 0.3) is 0 Å². The minimum atomic E-state index is -0.451. The van der Waals surface area contributed by atoms with Gasteiger partial charge in [0.15, 0.2) is 0 Å². The van der Waals surface area contributed by atoms with E-state index in [1.54, 1.807) is 12.0 Å². The van der Waals surface area contributed by atoms with E-state index in [0.717, 1.165) is 18.7 Å². The lowest BCUT2D eigenvalue weighted by atomic mass is 10.1. The van der Waals surface area contributed by atoms with Gasteiger partial charge in [0.1, 0.15) is 11.4 Å². The molecule has 5 nitrogen and oxygen atoms in total. The average Bonchev–Trinajstić information content (AvgIpc) is 2.52. The predicted octanol–water partition coefficient (Wildman–Crippen LogP) is 3.31. The molecule has 1 aromatic rings. The standard InChI is InChI=1S/C18H26N2O3/c1-18(2,3)23-17(21)20-11-9-15(10-12-20)19-13-14-5-7-16(22-4)8-6-14/h5-9,19H,10-13H2,1-4H3. The van der Waals surface area contributed by atoms with E-state index in [4.69, 9.17) is 9.47 Å². The maximum absolute atomic E-state index is 12.0. The molecule has 2 rings (SSSR count). The molecule has 0 unspecified atom stereocenters. The molecule has 0 atom stereocenters. The van der Waals surface area contributed by atoms with Gasteiger partial charge in [-0.15, -0.1) is 0 Å². The summed E-state index contributed by atoms with van der Waals surface area (Å²) < 4.78 is 10.5. The fraction of sp³-hybridized carbons (Fsp3) is 0.500. The Bertz CT molecular complexity index is 559. The molecule has 0 fully saturated rings. The minimum Gasteiger partial charge on any atom is -0.497 e. The molecule has 1 N–H and O–H groups in total. The van der Waals surface area contributed by atoms with Crippen LogP contribution in [0.4, 0.5) is 4.79 Å². The Kier molecular flexibility index (Phi) is 5.53. The van der Waals surface area contributed by atoms with Crippen molar-refractivity contribution < 1.29 is 14.3 Å². The molecule has 1 aliphatic heterocycles. The van der Waals surface area contributed by atoms with Crippen LogP contribution >= 0.6 is 0 Å². The number of hydrogen-bond acceptors (Lipinski definition) is 4. The van der Waals surface area contributed by atoms with Crippen LogP contribution in [0.3, 0.4) is 0 Å². The lowest BCUT2D eigenvalue weighted by Crippen LogP contribution is -2.40. The fourth-order valence-corrected chi connectivity index (χ4v) is 2.28. The van der Waals surface area contributed by atoms with Crippen LogP contribution in [0.15, 0.2) is 36.0 Å². The Morgan fingerprint density at radius 3 is 2.48 bits per heavy atom. The van der Waals surface area contributed by atoms with Gasteiger partial charge < -0.3 is 19.7 Å². The summed E-state index contributed by atoms with van der Waals surface area (Å²) in [5.41, 5.74) is 1.91. The summed E-state index contributed by atoms with van der Waals surface area (Å²) in [5, 5.41) is 3.42. The second-order valence-electron chi connectivity index (χ2n) is 6.61. The summed E-state index contributed by atoms with van der Waals surface area (Å²) in [6.45, 7) is 7.67. The van der Waals surface area contributed by atoms with Crippen molar-refractivity contribution >= 4 is 6.09 Å². The van der Waals surface area contributed by atoms with Crippen molar-refractivity contribution in [2.75, 3.05) is 20.2 Å². The molecule has 0 spiro atoms. The molecule has 1 aliphatic rings. The number of amides is 1. The van der Waals surface area contributed by atoms with Crippen LogP contribution in [-0.2, 0) is 11.3 Å². The molecule has 0 bridgehead atoms. The van der Waals surface area contributed by atoms with Crippen molar-refractivity contribution in [3.8, 4) is 5.75 Å². The van der Waals surface area contributed by atoms with Gasteiger partial charge in [-0.3, -0.25) is 0 Å². The second-order valence-corrected chi connectivity index (χ2v) is 6.61. The highest BCUT2D eigenvalue weighted by Gasteiger charge is 2.23. The van der Waals surface area contributed by atoms with Gasteiger partial charge in [-0.1, -0.05) is 12.1 Å². The largest absolute Gasteiger partial charge is 0.497 e. The van der Waals surface area contributed by atoms with Crippen LogP contribution in [0.5, 0.6) is 5.75 Å². The highest BCUT2D eigenvalue weighted by Crippen LogP contribution is 2.15. The zero-order valence-electron chi connectivity index (χ0n) is 14.4. The first-order valence-electron chi connectivity index (χ1n) is 7.91. The van der Waals surface area contributed by atoms with Gasteiger partial charge in [0, 0.05) is 31.8 Å². The molecule has 0 saturated carbocycles. The lowest BCUT2D eigenvalue weighted by molar-refractivity contribution is 0.0264. The Morgan fingerprint density at radius 2 is 1.96 bits per heavy atom. The maximum atomic E-state index is 12.0. The molecular formula is C18H26N2O3. The smallest absolute Gasteiger partial charge is 0.410 e. The maximum Gasteiger partial charge on any atom is 0.410 e. The number of carbonyl (C=O) groups is 1. The van der Waals surface area contributed by atoms with Gasteiger partial charge >= 0.3 is 6.09 Å². The third-order valence-electron chi connectivity index (χ3n) is 3.54. The first kappa shape index (κ1) is 17.2. The average molecular weight is 318 g/mol. The van der Waals surface area contributed by atoms with E-state index < -0.39 is 5.60 Å². The number of carbonyl (C=O) groups excluding carboxylic acids is 1. The number of nitrogens with one attached hydrogen (secondary N) is 1. The molecule has 0 radical (unpaired) electrons. The highest BCUT2D eigenvalue weighted by molar-refractivity contribution is 5.68. The van der Waals surface area contributed by atoms with Crippen molar-refractivity contribution in [2.24, 2.45) is 0 Å². The third kappa shape index (κ3) is 5.51. The van der Waals surface area contributed by atoms with Gasteiger partial charge in [0.05, 0.1) is 7.11 Å². The van der Waals surface area contributed by atoms with Gasteiger partial charge in [0.25, 0.3) is 0 Å². The first-order valence-corrected chi connectivity index (χ1v) is 7.91. The van der Waals surface area contributed by atoms with Gasteiger partial charge in [-0.2, -0.15) is 0 Å². The van der Waals surface area contributed by atoms with Crippen LogP contribution in [0, 0.1) is 0 Å².